The van der Waals surface area contributed by atoms with E-state index in [1.165, 1.54) is 0 Å². The highest BCUT2D eigenvalue weighted by Crippen LogP contribution is 2.24. The Bertz CT molecular complexity index is 607. The topological polar surface area (TPSA) is 56.3 Å². The zero-order chi connectivity index (χ0) is 14.7. The number of aliphatic carboxylic acids is 1. The van der Waals surface area contributed by atoms with E-state index in [-0.39, 0.29) is 6.54 Å². The molecule has 0 saturated carbocycles. The summed E-state index contributed by atoms with van der Waals surface area (Å²) in [5.74, 6) is -0.349. The van der Waals surface area contributed by atoms with Gasteiger partial charge in [-0.2, -0.15) is 0 Å². The summed E-state index contributed by atoms with van der Waals surface area (Å²) in [7, 11) is 0. The molecule has 20 heavy (non-hydrogen) atoms. The van der Waals surface area contributed by atoms with Crippen molar-refractivity contribution < 1.29 is 9.90 Å². The van der Waals surface area contributed by atoms with Gasteiger partial charge >= 0.3 is 5.97 Å². The van der Waals surface area contributed by atoms with E-state index in [4.69, 9.17) is 5.11 Å². The summed E-state index contributed by atoms with van der Waals surface area (Å²) >= 11 is 3.48. The van der Waals surface area contributed by atoms with Gasteiger partial charge in [-0.1, -0.05) is 29.8 Å². The molecule has 0 fully saturated rings. The first-order valence-corrected chi connectivity index (χ1v) is 7.44. The zero-order valence-electron chi connectivity index (χ0n) is 11.7. The van der Waals surface area contributed by atoms with Crippen molar-refractivity contribution in [2.45, 2.75) is 20.4 Å². The number of halogens is 1. The van der Waals surface area contributed by atoms with Crippen molar-refractivity contribution in [3.05, 3.63) is 34.4 Å². The van der Waals surface area contributed by atoms with Gasteiger partial charge in [0.05, 0.1) is 6.54 Å². The standard InChI is InChI=1S/C15H19BrN2O2/c1-10(2)7-18(9-15(19)20)8-11-6-17-14-4-3-12(16)5-13(11)14/h3-6,10,17H,7-9H2,1-2H3,(H,19,20). The molecule has 1 aromatic heterocycles. The van der Waals surface area contributed by atoms with E-state index in [2.05, 4.69) is 40.8 Å². The molecule has 0 aliphatic heterocycles. The maximum absolute atomic E-state index is 11.0. The van der Waals surface area contributed by atoms with Crippen molar-refractivity contribution in [3.63, 3.8) is 0 Å². The average molecular weight is 339 g/mol. The monoisotopic (exact) mass is 338 g/mol. The van der Waals surface area contributed by atoms with Crippen LogP contribution in [-0.2, 0) is 11.3 Å². The minimum Gasteiger partial charge on any atom is -0.480 e. The van der Waals surface area contributed by atoms with Crippen molar-refractivity contribution in [3.8, 4) is 0 Å². The molecule has 2 N–H and O–H groups in total. The average Bonchev–Trinajstić information content (AvgIpc) is 2.70. The van der Waals surface area contributed by atoms with E-state index in [1.54, 1.807) is 0 Å². The first kappa shape index (κ1) is 15.1. The Kier molecular flexibility index (Phi) is 4.83. The van der Waals surface area contributed by atoms with Crippen LogP contribution in [0.3, 0.4) is 0 Å². The summed E-state index contributed by atoms with van der Waals surface area (Å²) in [5, 5.41) is 10.2. The quantitative estimate of drug-likeness (QED) is 0.847. The fourth-order valence-electron chi connectivity index (χ4n) is 2.42. The lowest BCUT2D eigenvalue weighted by Gasteiger charge is -2.22. The van der Waals surface area contributed by atoms with Crippen LogP contribution < -0.4 is 0 Å². The molecule has 0 saturated heterocycles. The summed E-state index contributed by atoms with van der Waals surface area (Å²) in [6.07, 6.45) is 1.96. The van der Waals surface area contributed by atoms with E-state index in [9.17, 15) is 4.79 Å². The van der Waals surface area contributed by atoms with Crippen molar-refractivity contribution in [2.24, 2.45) is 5.92 Å². The van der Waals surface area contributed by atoms with Crippen LogP contribution in [0.25, 0.3) is 10.9 Å². The molecule has 0 atom stereocenters. The SMILES string of the molecule is CC(C)CN(CC(=O)O)Cc1c[nH]c2ccc(Br)cc12. The minimum atomic E-state index is -0.785. The number of carbonyl (C=O) groups is 1. The Morgan fingerprint density at radius 1 is 1.45 bits per heavy atom. The number of hydrogen-bond acceptors (Lipinski definition) is 2. The van der Waals surface area contributed by atoms with Crippen molar-refractivity contribution in [2.75, 3.05) is 13.1 Å². The van der Waals surface area contributed by atoms with Gasteiger partial charge in [0.1, 0.15) is 0 Å². The van der Waals surface area contributed by atoms with E-state index in [0.29, 0.717) is 12.5 Å². The van der Waals surface area contributed by atoms with Gasteiger partial charge in [0.25, 0.3) is 0 Å². The number of aromatic amines is 1. The van der Waals surface area contributed by atoms with E-state index >= 15 is 0 Å². The van der Waals surface area contributed by atoms with E-state index < -0.39 is 5.97 Å². The molecule has 1 aromatic carbocycles. The normalized spacial score (nSPS) is 11.7. The Morgan fingerprint density at radius 3 is 2.85 bits per heavy atom. The van der Waals surface area contributed by atoms with Crippen LogP contribution in [0.4, 0.5) is 0 Å². The third-order valence-electron chi connectivity index (χ3n) is 3.11. The number of aromatic nitrogens is 1. The third-order valence-corrected chi connectivity index (χ3v) is 3.60. The molecule has 2 rings (SSSR count). The number of benzene rings is 1. The second-order valence-electron chi connectivity index (χ2n) is 5.46. The highest BCUT2D eigenvalue weighted by molar-refractivity contribution is 9.10. The van der Waals surface area contributed by atoms with Gasteiger partial charge < -0.3 is 10.1 Å². The highest BCUT2D eigenvalue weighted by atomic mass is 79.9. The number of rotatable bonds is 6. The van der Waals surface area contributed by atoms with Gasteiger partial charge in [-0.15, -0.1) is 0 Å². The molecular formula is C15H19BrN2O2. The molecule has 0 bridgehead atoms. The predicted octanol–water partition coefficient (Wildman–Crippen LogP) is 3.47. The molecule has 0 aliphatic rings. The number of nitrogens with zero attached hydrogens (tertiary/aromatic N) is 1. The Labute approximate surface area is 126 Å². The number of carboxylic acid groups (broad SMARTS) is 1. The first-order valence-electron chi connectivity index (χ1n) is 6.65. The van der Waals surface area contributed by atoms with Crippen LogP contribution >= 0.6 is 15.9 Å². The van der Waals surface area contributed by atoms with Gasteiger partial charge in [0.2, 0.25) is 0 Å². The number of fused-ring (bicyclic) bond motifs is 1. The van der Waals surface area contributed by atoms with Crippen molar-refractivity contribution in [1.82, 2.24) is 9.88 Å². The van der Waals surface area contributed by atoms with Gasteiger partial charge in [0, 0.05) is 34.7 Å². The maximum atomic E-state index is 11.0. The van der Waals surface area contributed by atoms with Crippen LogP contribution in [0.1, 0.15) is 19.4 Å². The third kappa shape index (κ3) is 3.84. The maximum Gasteiger partial charge on any atom is 0.317 e. The molecule has 4 nitrogen and oxygen atoms in total. The number of carboxylic acids is 1. The van der Waals surface area contributed by atoms with Crippen LogP contribution in [0, 0.1) is 5.92 Å². The fraction of sp³-hybridized carbons (Fsp3) is 0.400. The Balaban J connectivity index is 2.23. The highest BCUT2D eigenvalue weighted by Gasteiger charge is 2.14. The van der Waals surface area contributed by atoms with Gasteiger partial charge in [0.15, 0.2) is 0 Å². The van der Waals surface area contributed by atoms with Gasteiger partial charge in [-0.05, 0) is 29.7 Å². The molecule has 0 unspecified atom stereocenters. The molecule has 0 amide bonds. The smallest absolute Gasteiger partial charge is 0.317 e. The number of H-pyrrole nitrogens is 1. The molecule has 1 heterocycles. The summed E-state index contributed by atoms with van der Waals surface area (Å²) in [6.45, 7) is 5.67. The van der Waals surface area contributed by atoms with Crippen LogP contribution in [0.15, 0.2) is 28.9 Å². The number of nitrogens with one attached hydrogen (secondary N) is 1. The Morgan fingerprint density at radius 2 is 2.20 bits per heavy atom. The molecule has 0 radical (unpaired) electrons. The molecule has 0 aliphatic carbocycles. The largest absolute Gasteiger partial charge is 0.480 e. The van der Waals surface area contributed by atoms with E-state index in [0.717, 1.165) is 27.5 Å². The minimum absolute atomic E-state index is 0.0683. The van der Waals surface area contributed by atoms with Gasteiger partial charge in [-0.25, -0.2) is 0 Å². The molecule has 108 valence electrons. The van der Waals surface area contributed by atoms with Crippen molar-refractivity contribution in [1.29, 1.82) is 0 Å². The first-order chi connectivity index (χ1) is 9.45. The van der Waals surface area contributed by atoms with Crippen LogP contribution in [-0.4, -0.2) is 34.0 Å². The number of hydrogen-bond donors (Lipinski definition) is 2. The van der Waals surface area contributed by atoms with Crippen molar-refractivity contribution >= 4 is 32.8 Å². The molecule has 5 heteroatoms. The second kappa shape index (κ2) is 6.41. The lowest BCUT2D eigenvalue weighted by Crippen LogP contribution is -2.32. The van der Waals surface area contributed by atoms with E-state index in [1.807, 2.05) is 23.2 Å². The fourth-order valence-corrected chi connectivity index (χ4v) is 2.78. The Hall–Kier alpha value is -1.33. The summed E-state index contributed by atoms with van der Waals surface area (Å²) in [5.41, 5.74) is 2.20. The summed E-state index contributed by atoms with van der Waals surface area (Å²) < 4.78 is 1.03. The van der Waals surface area contributed by atoms with Crippen LogP contribution in [0.5, 0.6) is 0 Å². The van der Waals surface area contributed by atoms with Crippen LogP contribution in [0.2, 0.25) is 0 Å². The molecule has 0 spiro atoms. The summed E-state index contributed by atoms with van der Waals surface area (Å²) in [4.78, 5) is 16.2. The zero-order valence-corrected chi connectivity index (χ0v) is 13.3. The molecule has 2 aromatic rings. The lowest BCUT2D eigenvalue weighted by molar-refractivity contribution is -0.138. The summed E-state index contributed by atoms with van der Waals surface area (Å²) in [6, 6.07) is 6.08. The second-order valence-corrected chi connectivity index (χ2v) is 6.38. The van der Waals surface area contributed by atoms with Gasteiger partial charge in [-0.3, -0.25) is 9.69 Å². The molecular weight excluding hydrogens is 320 g/mol. The predicted molar refractivity (Wildman–Crippen MR) is 83.7 cm³/mol. The lowest BCUT2D eigenvalue weighted by atomic mass is 10.1.